The molecule has 0 atom stereocenters. The van der Waals surface area contributed by atoms with Crippen molar-refractivity contribution in [3.63, 3.8) is 0 Å². The van der Waals surface area contributed by atoms with Crippen molar-refractivity contribution in [3.05, 3.63) is 201 Å². The van der Waals surface area contributed by atoms with Crippen LogP contribution in [-0.2, 0) is 42.3 Å². The van der Waals surface area contributed by atoms with Crippen LogP contribution in [0.1, 0.15) is 65.2 Å². The van der Waals surface area contributed by atoms with Gasteiger partial charge in [0.25, 0.3) is 0 Å². The fourth-order valence-electron chi connectivity index (χ4n) is 5.75. The Bertz CT molecular complexity index is 2060. The molecule has 0 heterocycles. The average molecular weight is 681 g/mol. The minimum atomic E-state index is -1.19. The Morgan fingerprint density at radius 2 is 1.00 bits per heavy atom. The van der Waals surface area contributed by atoms with E-state index in [4.69, 9.17) is 19.8 Å². The molecule has 6 rings (SSSR count). The number of carboxylic acid groups (broad SMARTS) is 1. The molecule has 0 bridgehead atoms. The first-order valence-electron chi connectivity index (χ1n) is 16.4. The lowest BCUT2D eigenvalue weighted by molar-refractivity contribution is -0.253. The van der Waals surface area contributed by atoms with Gasteiger partial charge in [0.2, 0.25) is 0 Å². The van der Waals surface area contributed by atoms with Crippen LogP contribution in [-0.4, -0.2) is 22.3 Å². The molecule has 0 radical (unpaired) electrons. The highest BCUT2D eigenvalue weighted by Gasteiger charge is 2.19. The van der Waals surface area contributed by atoms with E-state index in [0.717, 1.165) is 45.4 Å². The molecule has 0 aliphatic heterocycles. The largest absolute Gasteiger partial charge is 0.478 e. The standard InChI is InChI=1S/C43H36O8/c44-42(45)41-27-35(25-31-9-5-2-6-10-31)16-22-40(41)43(46)50-38-18-12-32(13-19-38)23-33-14-20-39(21-15-33)51-49-29-36-17-11-34(26-37(36)28-48-47)24-30-7-3-1-4-8-30/h1-22,26-27,47H,23-25,28-29H2,(H,44,45). The number of hydrogen-bond acceptors (Lipinski definition) is 7. The second-order valence-corrected chi connectivity index (χ2v) is 12.1. The summed E-state index contributed by atoms with van der Waals surface area (Å²) in [5.74, 6) is -1.08. The first-order chi connectivity index (χ1) is 24.9. The van der Waals surface area contributed by atoms with Crippen LogP contribution < -0.4 is 9.62 Å². The van der Waals surface area contributed by atoms with Gasteiger partial charge in [-0.1, -0.05) is 109 Å². The average Bonchev–Trinajstić information content (AvgIpc) is 3.15. The van der Waals surface area contributed by atoms with Crippen LogP contribution >= 0.6 is 0 Å². The lowest BCUT2D eigenvalue weighted by Crippen LogP contribution is -2.14. The molecule has 256 valence electrons. The number of benzene rings is 6. The minimum Gasteiger partial charge on any atom is -0.478 e. The Balaban J connectivity index is 1.00. The summed E-state index contributed by atoms with van der Waals surface area (Å²) >= 11 is 0. The summed E-state index contributed by atoms with van der Waals surface area (Å²) in [7, 11) is 0. The maximum absolute atomic E-state index is 13.0. The fraction of sp³-hybridized carbons (Fsp3) is 0.116. The topological polar surface area (TPSA) is 112 Å². The molecule has 0 aromatic heterocycles. The molecule has 51 heavy (non-hydrogen) atoms. The van der Waals surface area contributed by atoms with E-state index in [-0.39, 0.29) is 24.3 Å². The van der Waals surface area contributed by atoms with Gasteiger partial charge in [0, 0.05) is 0 Å². The van der Waals surface area contributed by atoms with Crippen LogP contribution in [0.2, 0.25) is 0 Å². The first kappa shape index (κ1) is 34.8. The van der Waals surface area contributed by atoms with Crippen molar-refractivity contribution in [2.45, 2.75) is 32.5 Å². The van der Waals surface area contributed by atoms with E-state index in [2.05, 4.69) is 17.0 Å². The van der Waals surface area contributed by atoms with Crippen molar-refractivity contribution in [2.75, 3.05) is 0 Å². The Hall–Kier alpha value is -6.06. The predicted octanol–water partition coefficient (Wildman–Crippen LogP) is 8.88. The Morgan fingerprint density at radius 1 is 0.490 bits per heavy atom. The van der Waals surface area contributed by atoms with Crippen molar-refractivity contribution in [1.29, 1.82) is 0 Å². The molecule has 0 amide bonds. The summed E-state index contributed by atoms with van der Waals surface area (Å²) in [4.78, 5) is 40.5. The summed E-state index contributed by atoms with van der Waals surface area (Å²) in [6.45, 7) is 0.203. The number of carbonyl (C=O) groups excluding carboxylic acids is 1. The molecule has 8 heteroatoms. The normalized spacial score (nSPS) is 10.8. The van der Waals surface area contributed by atoms with E-state index < -0.39 is 11.9 Å². The van der Waals surface area contributed by atoms with Gasteiger partial charge in [-0.15, -0.1) is 0 Å². The van der Waals surface area contributed by atoms with E-state index in [1.54, 1.807) is 18.2 Å². The Morgan fingerprint density at radius 3 is 1.59 bits per heavy atom. The lowest BCUT2D eigenvalue weighted by atomic mass is 9.99. The van der Waals surface area contributed by atoms with Gasteiger partial charge in [0.1, 0.15) is 19.0 Å². The maximum Gasteiger partial charge on any atom is 0.344 e. The van der Waals surface area contributed by atoms with E-state index in [0.29, 0.717) is 24.3 Å². The van der Waals surface area contributed by atoms with Crippen molar-refractivity contribution in [3.8, 4) is 11.5 Å². The van der Waals surface area contributed by atoms with Crippen LogP contribution in [0.3, 0.4) is 0 Å². The summed E-state index contributed by atoms with van der Waals surface area (Å²) < 4.78 is 5.54. The van der Waals surface area contributed by atoms with Crippen LogP contribution in [0.25, 0.3) is 0 Å². The molecule has 0 saturated carbocycles. The van der Waals surface area contributed by atoms with Gasteiger partial charge in [-0.25, -0.2) is 14.5 Å². The maximum atomic E-state index is 13.0. The molecular formula is C43H36O8. The zero-order valence-corrected chi connectivity index (χ0v) is 27.7. The third-order valence-electron chi connectivity index (χ3n) is 8.36. The molecule has 0 fully saturated rings. The molecule has 6 aromatic rings. The van der Waals surface area contributed by atoms with Crippen molar-refractivity contribution >= 4 is 11.9 Å². The molecular weight excluding hydrogens is 644 g/mol. The summed E-state index contributed by atoms with van der Waals surface area (Å²) in [5, 5.41) is 18.9. The highest BCUT2D eigenvalue weighted by molar-refractivity contribution is 6.03. The number of esters is 1. The monoisotopic (exact) mass is 680 g/mol. The number of aromatic carboxylic acids is 1. The van der Waals surface area contributed by atoms with Gasteiger partial charge in [0.05, 0.1) is 11.1 Å². The number of carbonyl (C=O) groups is 2. The molecule has 0 unspecified atom stereocenters. The third kappa shape index (κ3) is 9.77. The zero-order chi connectivity index (χ0) is 35.4. The van der Waals surface area contributed by atoms with Gasteiger partial charge in [-0.2, -0.15) is 4.89 Å². The van der Waals surface area contributed by atoms with E-state index in [9.17, 15) is 14.7 Å². The van der Waals surface area contributed by atoms with E-state index in [1.165, 1.54) is 17.7 Å². The van der Waals surface area contributed by atoms with Crippen LogP contribution in [0, 0.1) is 0 Å². The lowest BCUT2D eigenvalue weighted by Gasteiger charge is -2.12. The molecule has 0 saturated heterocycles. The molecule has 2 N–H and O–H groups in total. The van der Waals surface area contributed by atoms with Crippen LogP contribution in [0.5, 0.6) is 11.5 Å². The second-order valence-electron chi connectivity index (χ2n) is 12.1. The van der Waals surface area contributed by atoms with Crippen molar-refractivity contribution in [2.24, 2.45) is 0 Å². The molecule has 0 aliphatic carbocycles. The fourth-order valence-corrected chi connectivity index (χ4v) is 5.75. The smallest absolute Gasteiger partial charge is 0.344 e. The van der Waals surface area contributed by atoms with Crippen LogP contribution in [0.4, 0.5) is 0 Å². The molecule has 6 aromatic carbocycles. The number of hydrogen-bond donors (Lipinski definition) is 2. The Kier molecular flexibility index (Phi) is 11.6. The molecule has 0 aliphatic rings. The first-order valence-corrected chi connectivity index (χ1v) is 16.4. The third-order valence-corrected chi connectivity index (χ3v) is 8.36. The number of carboxylic acids is 1. The number of rotatable bonds is 15. The van der Waals surface area contributed by atoms with Gasteiger partial charge in [-0.3, -0.25) is 5.26 Å². The van der Waals surface area contributed by atoms with E-state index >= 15 is 0 Å². The van der Waals surface area contributed by atoms with Gasteiger partial charge >= 0.3 is 11.9 Å². The zero-order valence-electron chi connectivity index (χ0n) is 27.7. The SMILES string of the molecule is O=C(O)c1cc(Cc2ccccc2)ccc1C(=O)Oc1ccc(Cc2ccc(OOCc3ccc(Cc4ccccc4)cc3COO)cc2)cc1. The van der Waals surface area contributed by atoms with Gasteiger partial charge in [-0.05, 0) is 100 Å². The molecule has 0 spiro atoms. The number of ether oxygens (including phenoxy) is 1. The van der Waals surface area contributed by atoms with Crippen molar-refractivity contribution < 1.29 is 39.4 Å². The van der Waals surface area contributed by atoms with Gasteiger partial charge in [0.15, 0.2) is 5.75 Å². The summed E-state index contributed by atoms with van der Waals surface area (Å²) in [5.41, 5.74) is 7.68. The van der Waals surface area contributed by atoms with Gasteiger partial charge < -0.3 is 14.7 Å². The highest BCUT2D eigenvalue weighted by atomic mass is 17.2. The molecule has 8 nitrogen and oxygen atoms in total. The highest BCUT2D eigenvalue weighted by Crippen LogP contribution is 2.23. The second kappa shape index (κ2) is 17.0. The quantitative estimate of drug-likeness (QED) is 0.0479. The van der Waals surface area contributed by atoms with E-state index in [1.807, 2.05) is 103 Å². The van der Waals surface area contributed by atoms with Crippen molar-refractivity contribution in [1.82, 2.24) is 0 Å². The predicted molar refractivity (Wildman–Crippen MR) is 192 cm³/mol. The Labute approximate surface area is 295 Å². The minimum absolute atomic E-state index is 0.00830. The summed E-state index contributed by atoms with van der Waals surface area (Å²) in [6, 6.07) is 45.2. The summed E-state index contributed by atoms with van der Waals surface area (Å²) in [6.07, 6.45) is 1.94. The van der Waals surface area contributed by atoms with Crippen LogP contribution in [0.15, 0.2) is 146 Å².